The third-order valence-corrected chi connectivity index (χ3v) is 2.42. The van der Waals surface area contributed by atoms with Crippen LogP contribution in [0.3, 0.4) is 0 Å². The van der Waals surface area contributed by atoms with Crippen LogP contribution >= 0.6 is 0 Å². The van der Waals surface area contributed by atoms with Crippen LogP contribution < -0.4 is 5.32 Å². The standard InChI is InChI=1S/C11H16F3N3O2/c1-7(2)17-9(11(12,13)14)8(6-16-17)10(19)15-4-3-5-18/h6-7,18H,3-5H2,1-2H3,(H,15,19). The molecule has 19 heavy (non-hydrogen) atoms. The van der Waals surface area contributed by atoms with Crippen LogP contribution in [0, 0.1) is 0 Å². The molecule has 0 aliphatic carbocycles. The molecule has 0 aliphatic rings. The highest BCUT2D eigenvalue weighted by Crippen LogP contribution is 2.33. The highest BCUT2D eigenvalue weighted by atomic mass is 19.4. The molecule has 0 unspecified atom stereocenters. The van der Waals surface area contributed by atoms with Crippen molar-refractivity contribution < 1.29 is 23.1 Å². The molecule has 1 aromatic heterocycles. The first kappa shape index (κ1) is 15.5. The minimum absolute atomic E-state index is 0.111. The molecule has 0 aromatic carbocycles. The first-order chi connectivity index (χ1) is 8.79. The fourth-order valence-electron chi connectivity index (χ4n) is 1.58. The molecule has 108 valence electrons. The van der Waals surface area contributed by atoms with Gasteiger partial charge in [-0.15, -0.1) is 0 Å². The number of rotatable bonds is 5. The SMILES string of the molecule is CC(C)n1ncc(C(=O)NCCCO)c1C(F)(F)F. The summed E-state index contributed by atoms with van der Waals surface area (Å²) in [4.78, 5) is 11.7. The molecule has 5 nitrogen and oxygen atoms in total. The van der Waals surface area contributed by atoms with Crippen molar-refractivity contribution in [3.63, 3.8) is 0 Å². The van der Waals surface area contributed by atoms with Gasteiger partial charge in [0.05, 0.1) is 11.8 Å². The largest absolute Gasteiger partial charge is 0.433 e. The summed E-state index contributed by atoms with van der Waals surface area (Å²) < 4.78 is 39.7. The van der Waals surface area contributed by atoms with Crippen molar-refractivity contribution in [1.82, 2.24) is 15.1 Å². The monoisotopic (exact) mass is 279 g/mol. The molecule has 1 heterocycles. The van der Waals surface area contributed by atoms with E-state index in [1.807, 2.05) is 0 Å². The molecule has 1 rings (SSSR count). The summed E-state index contributed by atoms with van der Waals surface area (Å²) in [6.07, 6.45) is -3.45. The maximum atomic E-state index is 13.0. The van der Waals surface area contributed by atoms with E-state index in [0.717, 1.165) is 10.9 Å². The van der Waals surface area contributed by atoms with Crippen molar-refractivity contribution in [3.8, 4) is 0 Å². The van der Waals surface area contributed by atoms with Gasteiger partial charge in [0.25, 0.3) is 5.91 Å². The van der Waals surface area contributed by atoms with Crippen LogP contribution in [0.15, 0.2) is 6.20 Å². The van der Waals surface area contributed by atoms with Gasteiger partial charge in [-0.05, 0) is 20.3 Å². The molecule has 0 spiro atoms. The third kappa shape index (κ3) is 3.69. The Kier molecular flexibility index (Phi) is 4.93. The van der Waals surface area contributed by atoms with Crippen LogP contribution in [0.2, 0.25) is 0 Å². The van der Waals surface area contributed by atoms with E-state index in [1.165, 1.54) is 0 Å². The first-order valence-electron chi connectivity index (χ1n) is 5.82. The topological polar surface area (TPSA) is 67.2 Å². The van der Waals surface area contributed by atoms with E-state index in [4.69, 9.17) is 5.11 Å². The average Bonchev–Trinajstić information content (AvgIpc) is 2.73. The number of hydrogen-bond donors (Lipinski definition) is 2. The van der Waals surface area contributed by atoms with Gasteiger partial charge in [0.1, 0.15) is 0 Å². The maximum absolute atomic E-state index is 13.0. The zero-order valence-corrected chi connectivity index (χ0v) is 10.7. The minimum atomic E-state index is -4.65. The lowest BCUT2D eigenvalue weighted by Gasteiger charge is -2.15. The zero-order chi connectivity index (χ0) is 14.6. The Morgan fingerprint density at radius 3 is 2.63 bits per heavy atom. The van der Waals surface area contributed by atoms with E-state index in [1.54, 1.807) is 13.8 Å². The molecule has 0 saturated carbocycles. The molecule has 0 fully saturated rings. The molecule has 0 saturated heterocycles. The van der Waals surface area contributed by atoms with E-state index < -0.39 is 29.4 Å². The van der Waals surface area contributed by atoms with E-state index in [2.05, 4.69) is 10.4 Å². The van der Waals surface area contributed by atoms with Crippen molar-refractivity contribution in [2.45, 2.75) is 32.5 Å². The summed E-state index contributed by atoms with van der Waals surface area (Å²) >= 11 is 0. The van der Waals surface area contributed by atoms with Gasteiger partial charge in [0.2, 0.25) is 0 Å². The highest BCUT2D eigenvalue weighted by molar-refractivity contribution is 5.95. The van der Waals surface area contributed by atoms with Crippen LogP contribution in [0.1, 0.15) is 42.4 Å². The Bertz CT molecular complexity index is 441. The normalized spacial score (nSPS) is 11.9. The van der Waals surface area contributed by atoms with Gasteiger partial charge in [-0.1, -0.05) is 0 Å². The molecule has 0 bridgehead atoms. The summed E-state index contributed by atoms with van der Waals surface area (Å²) in [6.45, 7) is 3.07. The molecular weight excluding hydrogens is 263 g/mol. The van der Waals surface area contributed by atoms with E-state index in [-0.39, 0.29) is 19.6 Å². The van der Waals surface area contributed by atoms with Gasteiger partial charge in [-0.3, -0.25) is 9.48 Å². The Morgan fingerprint density at radius 2 is 2.16 bits per heavy atom. The molecule has 0 radical (unpaired) electrons. The summed E-state index contributed by atoms with van der Waals surface area (Å²) in [5.41, 5.74) is -1.55. The zero-order valence-electron chi connectivity index (χ0n) is 10.7. The van der Waals surface area contributed by atoms with Gasteiger partial charge in [0.15, 0.2) is 5.69 Å². The first-order valence-corrected chi connectivity index (χ1v) is 5.82. The van der Waals surface area contributed by atoms with Crippen molar-refractivity contribution in [2.75, 3.05) is 13.2 Å². The predicted molar refractivity (Wildman–Crippen MR) is 61.7 cm³/mol. The lowest BCUT2D eigenvalue weighted by atomic mass is 10.2. The van der Waals surface area contributed by atoms with Crippen LogP contribution in [-0.2, 0) is 6.18 Å². The molecular formula is C11H16F3N3O2. The van der Waals surface area contributed by atoms with Gasteiger partial charge in [-0.2, -0.15) is 18.3 Å². The van der Waals surface area contributed by atoms with Crippen molar-refractivity contribution in [3.05, 3.63) is 17.5 Å². The second-order valence-electron chi connectivity index (χ2n) is 4.28. The molecule has 8 heteroatoms. The number of amides is 1. The van der Waals surface area contributed by atoms with Crippen LogP contribution in [-0.4, -0.2) is 33.9 Å². The van der Waals surface area contributed by atoms with E-state index >= 15 is 0 Å². The van der Waals surface area contributed by atoms with Crippen LogP contribution in [0.25, 0.3) is 0 Å². The maximum Gasteiger partial charge on any atom is 0.433 e. The summed E-state index contributed by atoms with van der Waals surface area (Å²) in [5.74, 6) is -0.840. The molecule has 1 aromatic rings. The Balaban J connectivity index is 3.04. The second kappa shape index (κ2) is 6.05. The van der Waals surface area contributed by atoms with E-state index in [9.17, 15) is 18.0 Å². The molecule has 0 atom stereocenters. The van der Waals surface area contributed by atoms with E-state index in [0.29, 0.717) is 0 Å². The summed E-state index contributed by atoms with van der Waals surface area (Å²) in [7, 11) is 0. The quantitative estimate of drug-likeness (QED) is 0.804. The Hall–Kier alpha value is -1.57. The fraction of sp³-hybridized carbons (Fsp3) is 0.636. The number of nitrogens with zero attached hydrogens (tertiary/aromatic N) is 2. The number of alkyl halides is 3. The number of hydrogen-bond acceptors (Lipinski definition) is 3. The fourth-order valence-corrected chi connectivity index (χ4v) is 1.58. The van der Waals surface area contributed by atoms with Crippen molar-refractivity contribution in [2.24, 2.45) is 0 Å². The lowest BCUT2D eigenvalue weighted by Crippen LogP contribution is -2.28. The number of carbonyl (C=O) groups is 1. The number of carbonyl (C=O) groups excluding carboxylic acids is 1. The number of halogens is 3. The number of aromatic nitrogens is 2. The Labute approximate surface area is 108 Å². The van der Waals surface area contributed by atoms with Gasteiger partial charge in [-0.25, -0.2) is 0 Å². The van der Waals surface area contributed by atoms with Gasteiger partial charge >= 0.3 is 6.18 Å². The van der Waals surface area contributed by atoms with Crippen LogP contribution in [0.5, 0.6) is 0 Å². The van der Waals surface area contributed by atoms with Crippen LogP contribution in [0.4, 0.5) is 13.2 Å². The molecule has 2 N–H and O–H groups in total. The summed E-state index contributed by atoms with van der Waals surface area (Å²) in [6, 6.07) is -0.504. The number of nitrogens with one attached hydrogen (secondary N) is 1. The molecule has 1 amide bonds. The van der Waals surface area contributed by atoms with Gasteiger partial charge in [0, 0.05) is 19.2 Å². The smallest absolute Gasteiger partial charge is 0.396 e. The number of aliphatic hydroxyl groups is 1. The lowest BCUT2D eigenvalue weighted by molar-refractivity contribution is -0.145. The Morgan fingerprint density at radius 1 is 1.53 bits per heavy atom. The average molecular weight is 279 g/mol. The van der Waals surface area contributed by atoms with Gasteiger partial charge < -0.3 is 10.4 Å². The van der Waals surface area contributed by atoms with Crippen molar-refractivity contribution in [1.29, 1.82) is 0 Å². The summed E-state index contributed by atoms with van der Waals surface area (Å²) in [5, 5.41) is 14.5. The minimum Gasteiger partial charge on any atom is -0.396 e. The second-order valence-corrected chi connectivity index (χ2v) is 4.28. The third-order valence-electron chi connectivity index (χ3n) is 2.42. The van der Waals surface area contributed by atoms with Crippen molar-refractivity contribution >= 4 is 5.91 Å². The highest BCUT2D eigenvalue weighted by Gasteiger charge is 2.40. The predicted octanol–water partition coefficient (Wildman–Crippen LogP) is 1.60. The molecule has 0 aliphatic heterocycles. The number of aliphatic hydroxyl groups excluding tert-OH is 1.